The summed E-state index contributed by atoms with van der Waals surface area (Å²) in [7, 11) is 0. The number of thiophene rings is 1. The fraction of sp³-hybridized carbons (Fsp3) is 0.294. The predicted octanol–water partition coefficient (Wildman–Crippen LogP) is 2.58. The van der Waals surface area contributed by atoms with Crippen molar-refractivity contribution in [3.05, 3.63) is 62.3 Å². The second-order valence-corrected chi connectivity index (χ2v) is 6.72. The molecule has 0 spiro atoms. The summed E-state index contributed by atoms with van der Waals surface area (Å²) in [6, 6.07) is 9.15. The van der Waals surface area contributed by atoms with Crippen LogP contribution in [0.1, 0.15) is 28.1 Å². The first-order valence-corrected chi connectivity index (χ1v) is 8.80. The molecular weight excluding hydrogens is 342 g/mol. The van der Waals surface area contributed by atoms with Crippen molar-refractivity contribution in [3.8, 4) is 0 Å². The van der Waals surface area contributed by atoms with Crippen molar-refractivity contribution in [1.82, 2.24) is 10.2 Å². The number of benzene rings is 1. The van der Waals surface area contributed by atoms with Gasteiger partial charge in [-0.15, -0.1) is 11.3 Å². The van der Waals surface area contributed by atoms with Gasteiger partial charge in [0.05, 0.1) is 9.80 Å². The Balaban J connectivity index is 1.60. The number of likely N-dealkylation sites (tertiary alicyclic amines) is 1. The smallest absolute Gasteiger partial charge is 0.269 e. The Labute approximate surface area is 148 Å². The van der Waals surface area contributed by atoms with E-state index in [9.17, 15) is 19.7 Å². The molecule has 1 atom stereocenters. The molecule has 0 aliphatic carbocycles. The van der Waals surface area contributed by atoms with Gasteiger partial charge in [-0.05, 0) is 29.9 Å². The van der Waals surface area contributed by atoms with Gasteiger partial charge in [0.25, 0.3) is 11.6 Å². The molecule has 1 aliphatic rings. The molecule has 25 heavy (non-hydrogen) atoms. The average molecular weight is 359 g/mol. The second kappa shape index (κ2) is 7.43. The summed E-state index contributed by atoms with van der Waals surface area (Å²) in [6.07, 6.45) is 1.44. The van der Waals surface area contributed by atoms with Crippen LogP contribution in [0.15, 0.2) is 41.8 Å². The Morgan fingerprint density at radius 3 is 2.68 bits per heavy atom. The molecule has 130 valence electrons. The van der Waals surface area contributed by atoms with Crippen molar-refractivity contribution < 1.29 is 14.5 Å². The van der Waals surface area contributed by atoms with E-state index in [0.29, 0.717) is 17.8 Å². The number of non-ortho nitro benzene ring substituents is 1. The highest BCUT2D eigenvalue weighted by Crippen LogP contribution is 2.22. The van der Waals surface area contributed by atoms with Crippen molar-refractivity contribution in [2.24, 2.45) is 0 Å². The van der Waals surface area contributed by atoms with Crippen LogP contribution in [0.4, 0.5) is 5.69 Å². The van der Waals surface area contributed by atoms with Gasteiger partial charge in [0, 0.05) is 25.2 Å². The first kappa shape index (κ1) is 17.1. The lowest BCUT2D eigenvalue weighted by molar-refractivity contribution is -0.384. The third-order valence-corrected chi connectivity index (χ3v) is 5.02. The SMILES string of the molecule is O=C(NCc1ccc([N+](=O)[O-])cc1)[C@@H]1CCCN1C(=O)c1cccs1. The van der Waals surface area contributed by atoms with Crippen LogP contribution < -0.4 is 5.32 Å². The Morgan fingerprint density at radius 2 is 2.04 bits per heavy atom. The first-order chi connectivity index (χ1) is 12.1. The third-order valence-electron chi connectivity index (χ3n) is 4.16. The lowest BCUT2D eigenvalue weighted by atomic mass is 10.1. The van der Waals surface area contributed by atoms with Crippen LogP contribution in [0.3, 0.4) is 0 Å². The molecule has 0 bridgehead atoms. The fourth-order valence-electron chi connectivity index (χ4n) is 2.87. The highest BCUT2D eigenvalue weighted by molar-refractivity contribution is 7.12. The first-order valence-electron chi connectivity index (χ1n) is 7.92. The highest BCUT2D eigenvalue weighted by Gasteiger charge is 2.34. The number of carbonyl (C=O) groups excluding carboxylic acids is 2. The van der Waals surface area contributed by atoms with E-state index < -0.39 is 11.0 Å². The van der Waals surface area contributed by atoms with Crippen molar-refractivity contribution in [1.29, 1.82) is 0 Å². The van der Waals surface area contributed by atoms with Gasteiger partial charge in [-0.2, -0.15) is 0 Å². The number of rotatable bonds is 5. The van der Waals surface area contributed by atoms with Gasteiger partial charge in [0.15, 0.2) is 0 Å². The van der Waals surface area contributed by atoms with Gasteiger partial charge in [0.2, 0.25) is 5.91 Å². The van der Waals surface area contributed by atoms with E-state index in [4.69, 9.17) is 0 Å². The van der Waals surface area contributed by atoms with Crippen LogP contribution in [-0.4, -0.2) is 34.2 Å². The monoisotopic (exact) mass is 359 g/mol. The zero-order chi connectivity index (χ0) is 17.8. The number of hydrogen-bond acceptors (Lipinski definition) is 5. The highest BCUT2D eigenvalue weighted by atomic mass is 32.1. The summed E-state index contributed by atoms with van der Waals surface area (Å²) in [4.78, 5) is 37.4. The van der Waals surface area contributed by atoms with Gasteiger partial charge < -0.3 is 10.2 Å². The minimum Gasteiger partial charge on any atom is -0.350 e. The van der Waals surface area contributed by atoms with Crippen molar-refractivity contribution >= 4 is 28.8 Å². The van der Waals surface area contributed by atoms with Crippen LogP contribution in [0, 0.1) is 10.1 Å². The number of nitrogens with one attached hydrogen (secondary N) is 1. The van der Waals surface area contributed by atoms with Crippen LogP contribution >= 0.6 is 11.3 Å². The van der Waals surface area contributed by atoms with E-state index >= 15 is 0 Å². The van der Waals surface area contributed by atoms with Gasteiger partial charge in [-0.1, -0.05) is 18.2 Å². The standard InChI is InChI=1S/C17H17N3O4S/c21-16(18-11-12-5-7-13(8-6-12)20(23)24)14-3-1-9-19(14)17(22)15-4-2-10-25-15/h2,4-8,10,14H,1,3,9,11H2,(H,18,21)/t14-/m0/s1. The van der Waals surface area contributed by atoms with Crippen molar-refractivity contribution in [2.45, 2.75) is 25.4 Å². The summed E-state index contributed by atoms with van der Waals surface area (Å²) in [6.45, 7) is 0.848. The van der Waals surface area contributed by atoms with E-state index in [0.717, 1.165) is 12.0 Å². The molecule has 0 radical (unpaired) electrons. The summed E-state index contributed by atoms with van der Waals surface area (Å²) < 4.78 is 0. The number of carbonyl (C=O) groups is 2. The van der Waals surface area contributed by atoms with E-state index in [1.165, 1.54) is 23.5 Å². The zero-order valence-corrected chi connectivity index (χ0v) is 14.2. The maximum atomic E-state index is 12.5. The Morgan fingerprint density at radius 1 is 1.28 bits per heavy atom. The van der Waals surface area contributed by atoms with Gasteiger partial charge in [-0.25, -0.2) is 0 Å². The Bertz CT molecular complexity index is 774. The minimum absolute atomic E-state index is 0.0126. The van der Waals surface area contributed by atoms with E-state index in [1.807, 2.05) is 11.4 Å². The molecular formula is C17H17N3O4S. The number of nitro benzene ring substituents is 1. The topological polar surface area (TPSA) is 92.5 Å². The quantitative estimate of drug-likeness (QED) is 0.656. The van der Waals surface area contributed by atoms with Gasteiger partial charge >= 0.3 is 0 Å². The van der Waals surface area contributed by atoms with Gasteiger partial charge in [0.1, 0.15) is 6.04 Å². The average Bonchev–Trinajstić information content (AvgIpc) is 3.30. The van der Waals surface area contributed by atoms with Crippen molar-refractivity contribution in [2.75, 3.05) is 6.54 Å². The van der Waals surface area contributed by atoms with Crippen LogP contribution in [-0.2, 0) is 11.3 Å². The molecule has 1 aromatic carbocycles. The largest absolute Gasteiger partial charge is 0.350 e. The van der Waals surface area contributed by atoms with Crippen LogP contribution in [0.25, 0.3) is 0 Å². The van der Waals surface area contributed by atoms with E-state index in [2.05, 4.69) is 5.32 Å². The summed E-state index contributed by atoms with van der Waals surface area (Å²) >= 11 is 1.37. The van der Waals surface area contributed by atoms with Crippen LogP contribution in [0.2, 0.25) is 0 Å². The molecule has 1 fully saturated rings. The Kier molecular flexibility index (Phi) is 5.08. The zero-order valence-electron chi connectivity index (χ0n) is 13.4. The summed E-state index contributed by atoms with van der Waals surface area (Å²) in [5.41, 5.74) is 0.784. The number of amides is 2. The lowest BCUT2D eigenvalue weighted by Gasteiger charge is -2.23. The van der Waals surface area contributed by atoms with Crippen LogP contribution in [0.5, 0.6) is 0 Å². The number of hydrogen-bond donors (Lipinski definition) is 1. The Hall–Kier alpha value is -2.74. The molecule has 1 aliphatic heterocycles. The molecule has 2 amide bonds. The molecule has 0 unspecified atom stereocenters. The predicted molar refractivity (Wildman–Crippen MR) is 93.3 cm³/mol. The molecule has 2 aromatic rings. The van der Waals surface area contributed by atoms with E-state index in [-0.39, 0.29) is 24.0 Å². The lowest BCUT2D eigenvalue weighted by Crippen LogP contribution is -2.45. The molecule has 1 N–H and O–H groups in total. The van der Waals surface area contributed by atoms with Gasteiger partial charge in [-0.3, -0.25) is 19.7 Å². The molecule has 7 nitrogen and oxygen atoms in total. The van der Waals surface area contributed by atoms with Crippen molar-refractivity contribution in [3.63, 3.8) is 0 Å². The number of nitrogens with zero attached hydrogens (tertiary/aromatic N) is 2. The van der Waals surface area contributed by atoms with E-state index in [1.54, 1.807) is 23.1 Å². The molecule has 1 aromatic heterocycles. The maximum absolute atomic E-state index is 12.5. The summed E-state index contributed by atoms with van der Waals surface area (Å²) in [5.74, 6) is -0.302. The molecule has 3 rings (SSSR count). The second-order valence-electron chi connectivity index (χ2n) is 5.78. The molecule has 0 saturated carbocycles. The third kappa shape index (κ3) is 3.85. The molecule has 2 heterocycles. The minimum atomic E-state index is -0.465. The number of nitro groups is 1. The molecule has 8 heteroatoms. The molecule has 1 saturated heterocycles. The maximum Gasteiger partial charge on any atom is 0.269 e. The summed E-state index contributed by atoms with van der Waals surface area (Å²) in [5, 5.41) is 15.3. The fourth-order valence-corrected chi connectivity index (χ4v) is 3.55. The normalized spacial score (nSPS) is 16.6.